The van der Waals surface area contributed by atoms with Gasteiger partial charge in [-0.2, -0.15) is 0 Å². The molecule has 1 aliphatic rings. The Balaban J connectivity index is 1.97. The summed E-state index contributed by atoms with van der Waals surface area (Å²) in [5.41, 5.74) is 1.02. The number of hydrogen-bond acceptors (Lipinski definition) is 6. The molecule has 32 heavy (non-hydrogen) atoms. The Morgan fingerprint density at radius 3 is 2.53 bits per heavy atom. The Hall–Kier alpha value is -3.81. The molecule has 3 aromatic rings. The number of carbonyl (C=O) groups excluding carboxylic acids is 1. The first-order valence-electron chi connectivity index (χ1n) is 10.4. The molecule has 8 nitrogen and oxygen atoms in total. The van der Waals surface area contributed by atoms with Crippen LogP contribution >= 0.6 is 0 Å². The molecule has 0 amide bonds. The molecule has 0 N–H and O–H groups in total. The smallest absolute Gasteiger partial charge is 0.345 e. The van der Waals surface area contributed by atoms with Crippen molar-refractivity contribution in [2.45, 2.75) is 25.8 Å². The Morgan fingerprint density at radius 1 is 1.06 bits per heavy atom. The lowest BCUT2D eigenvalue weighted by atomic mass is 10.1. The van der Waals surface area contributed by atoms with Crippen molar-refractivity contribution in [3.63, 3.8) is 0 Å². The number of rotatable bonds is 6. The number of esters is 1. The maximum Gasteiger partial charge on any atom is 0.345 e. The van der Waals surface area contributed by atoms with Crippen LogP contribution in [0.25, 0.3) is 5.69 Å². The molecule has 1 heterocycles. The molecule has 1 aromatic heterocycles. The van der Waals surface area contributed by atoms with Gasteiger partial charge >= 0.3 is 11.7 Å². The molecule has 0 spiro atoms. The SMILES string of the molecule is CCOC(=O)c1cn(-c2ccc(OC)c(OC)c2)c(=O)n(C2CCc3ccccc32)c1=O. The minimum atomic E-state index is -0.772. The lowest BCUT2D eigenvalue weighted by Crippen LogP contribution is -2.44. The third kappa shape index (κ3) is 3.57. The second kappa shape index (κ2) is 8.74. The zero-order valence-corrected chi connectivity index (χ0v) is 18.2. The highest BCUT2D eigenvalue weighted by molar-refractivity contribution is 5.88. The third-order valence-electron chi connectivity index (χ3n) is 5.67. The predicted octanol–water partition coefficient (Wildman–Crippen LogP) is 2.73. The number of benzene rings is 2. The topological polar surface area (TPSA) is 88.8 Å². The first kappa shape index (κ1) is 21.4. The summed E-state index contributed by atoms with van der Waals surface area (Å²) in [4.78, 5) is 39.5. The number of aryl methyl sites for hydroxylation is 1. The van der Waals surface area contributed by atoms with Gasteiger partial charge in [0.25, 0.3) is 5.56 Å². The van der Waals surface area contributed by atoms with E-state index < -0.39 is 23.3 Å². The first-order valence-corrected chi connectivity index (χ1v) is 10.4. The van der Waals surface area contributed by atoms with Gasteiger partial charge in [0.2, 0.25) is 0 Å². The van der Waals surface area contributed by atoms with Gasteiger partial charge in [0.15, 0.2) is 11.5 Å². The minimum Gasteiger partial charge on any atom is -0.493 e. The third-order valence-corrected chi connectivity index (χ3v) is 5.67. The van der Waals surface area contributed by atoms with E-state index in [1.54, 1.807) is 25.1 Å². The van der Waals surface area contributed by atoms with Crippen LogP contribution in [0.5, 0.6) is 11.5 Å². The van der Waals surface area contributed by atoms with E-state index in [0.717, 1.165) is 22.1 Å². The highest BCUT2D eigenvalue weighted by Gasteiger charge is 2.29. The monoisotopic (exact) mass is 436 g/mol. The van der Waals surface area contributed by atoms with Crippen LogP contribution < -0.4 is 20.7 Å². The molecule has 4 rings (SSSR count). The molecule has 0 radical (unpaired) electrons. The van der Waals surface area contributed by atoms with E-state index >= 15 is 0 Å². The Labute approximate surface area is 184 Å². The quantitative estimate of drug-likeness (QED) is 0.552. The standard InChI is InChI=1S/C24H24N2O6/c1-4-32-23(28)18-14-25(16-10-12-20(30-2)21(13-16)31-3)24(29)26(22(18)27)19-11-9-15-7-5-6-8-17(15)19/h5-8,10,12-14,19H,4,9,11H2,1-3H3. The minimum absolute atomic E-state index is 0.111. The average molecular weight is 436 g/mol. The lowest BCUT2D eigenvalue weighted by Gasteiger charge is -2.19. The number of ether oxygens (including phenoxy) is 3. The van der Waals surface area contributed by atoms with Crippen LogP contribution in [0.15, 0.2) is 58.3 Å². The maximum absolute atomic E-state index is 13.6. The lowest BCUT2D eigenvalue weighted by molar-refractivity contribution is 0.0522. The maximum atomic E-state index is 13.6. The Morgan fingerprint density at radius 2 is 1.81 bits per heavy atom. The van der Waals surface area contributed by atoms with E-state index in [2.05, 4.69) is 0 Å². The molecule has 0 aliphatic heterocycles. The molecule has 1 atom stereocenters. The summed E-state index contributed by atoms with van der Waals surface area (Å²) >= 11 is 0. The molecule has 1 unspecified atom stereocenters. The fraction of sp³-hybridized carbons (Fsp3) is 0.292. The molecule has 2 aromatic carbocycles. The van der Waals surface area contributed by atoms with Crippen molar-refractivity contribution in [2.75, 3.05) is 20.8 Å². The van der Waals surface area contributed by atoms with Gasteiger partial charge < -0.3 is 14.2 Å². The van der Waals surface area contributed by atoms with E-state index in [1.165, 1.54) is 25.0 Å². The second-order valence-electron chi connectivity index (χ2n) is 7.38. The summed E-state index contributed by atoms with van der Waals surface area (Å²) in [6.45, 7) is 1.77. The highest BCUT2D eigenvalue weighted by Crippen LogP contribution is 2.33. The van der Waals surface area contributed by atoms with Gasteiger partial charge in [-0.3, -0.25) is 13.9 Å². The van der Waals surface area contributed by atoms with E-state index in [0.29, 0.717) is 23.6 Å². The van der Waals surface area contributed by atoms with Crippen LogP contribution in [0.4, 0.5) is 0 Å². The van der Waals surface area contributed by atoms with Crippen molar-refractivity contribution < 1.29 is 19.0 Å². The number of aromatic nitrogens is 2. The second-order valence-corrected chi connectivity index (χ2v) is 7.38. The van der Waals surface area contributed by atoms with Gasteiger partial charge in [0.1, 0.15) is 5.56 Å². The number of methoxy groups -OCH3 is 2. The fourth-order valence-electron chi connectivity index (χ4n) is 4.16. The van der Waals surface area contributed by atoms with Crippen LogP contribution in [-0.2, 0) is 11.2 Å². The van der Waals surface area contributed by atoms with E-state index in [9.17, 15) is 14.4 Å². The number of nitrogens with zero attached hydrogens (tertiary/aromatic N) is 2. The summed E-state index contributed by atoms with van der Waals surface area (Å²) in [7, 11) is 3.01. The van der Waals surface area contributed by atoms with E-state index in [1.807, 2.05) is 24.3 Å². The summed E-state index contributed by atoms with van der Waals surface area (Å²) in [6.07, 6.45) is 2.57. The molecule has 1 aliphatic carbocycles. The molecular weight excluding hydrogens is 412 g/mol. The molecule has 8 heteroatoms. The van der Waals surface area contributed by atoms with Crippen LogP contribution in [0.3, 0.4) is 0 Å². The van der Waals surface area contributed by atoms with Crippen molar-refractivity contribution in [1.29, 1.82) is 0 Å². The van der Waals surface area contributed by atoms with Crippen molar-refractivity contribution in [3.8, 4) is 17.2 Å². The molecule has 0 bridgehead atoms. The highest BCUT2D eigenvalue weighted by atomic mass is 16.5. The van der Waals surface area contributed by atoms with Crippen molar-refractivity contribution in [3.05, 3.63) is 86.2 Å². The molecule has 166 valence electrons. The number of carbonyl (C=O) groups is 1. The Bertz CT molecular complexity index is 1290. The molecule has 0 saturated heterocycles. The summed E-state index contributed by atoms with van der Waals surface area (Å²) in [6, 6.07) is 12.2. The van der Waals surface area contributed by atoms with Gasteiger partial charge in [0.05, 0.1) is 32.6 Å². The van der Waals surface area contributed by atoms with E-state index in [-0.39, 0.29) is 12.2 Å². The first-order chi connectivity index (χ1) is 15.5. The molecule has 0 saturated carbocycles. The van der Waals surface area contributed by atoms with Crippen molar-refractivity contribution in [2.24, 2.45) is 0 Å². The predicted molar refractivity (Wildman–Crippen MR) is 118 cm³/mol. The largest absolute Gasteiger partial charge is 0.493 e. The van der Waals surface area contributed by atoms with E-state index in [4.69, 9.17) is 14.2 Å². The van der Waals surface area contributed by atoms with Crippen LogP contribution in [0, 0.1) is 0 Å². The summed E-state index contributed by atoms with van der Waals surface area (Å²) in [5, 5.41) is 0. The van der Waals surface area contributed by atoms with Crippen molar-refractivity contribution in [1.82, 2.24) is 9.13 Å². The number of fused-ring (bicyclic) bond motifs is 1. The summed E-state index contributed by atoms with van der Waals surface area (Å²) < 4.78 is 18.2. The fourth-order valence-corrected chi connectivity index (χ4v) is 4.16. The molecule has 0 fully saturated rings. The van der Waals surface area contributed by atoms with Gasteiger partial charge in [-0.25, -0.2) is 9.59 Å². The van der Waals surface area contributed by atoms with Crippen molar-refractivity contribution >= 4 is 5.97 Å². The zero-order chi connectivity index (χ0) is 22.8. The Kier molecular flexibility index (Phi) is 5.85. The number of hydrogen-bond donors (Lipinski definition) is 0. The van der Waals surface area contributed by atoms with Gasteiger partial charge in [-0.15, -0.1) is 0 Å². The molecular formula is C24H24N2O6. The van der Waals surface area contributed by atoms with Crippen LogP contribution in [0.1, 0.15) is 40.9 Å². The summed E-state index contributed by atoms with van der Waals surface area (Å²) in [5.74, 6) is 0.137. The van der Waals surface area contributed by atoms with Gasteiger partial charge in [0, 0.05) is 12.3 Å². The van der Waals surface area contributed by atoms with Gasteiger partial charge in [-0.05, 0) is 43.0 Å². The van der Waals surface area contributed by atoms with Crippen LogP contribution in [0.2, 0.25) is 0 Å². The van der Waals surface area contributed by atoms with Crippen LogP contribution in [-0.4, -0.2) is 35.9 Å². The zero-order valence-electron chi connectivity index (χ0n) is 18.2. The normalized spacial score (nSPS) is 14.7. The average Bonchev–Trinajstić information content (AvgIpc) is 3.23. The van der Waals surface area contributed by atoms with Gasteiger partial charge in [-0.1, -0.05) is 24.3 Å².